The van der Waals surface area contributed by atoms with Crippen LogP contribution in [0.3, 0.4) is 0 Å². The van der Waals surface area contributed by atoms with Crippen molar-refractivity contribution in [1.29, 1.82) is 0 Å². The molecule has 0 saturated carbocycles. The molecule has 0 bridgehead atoms. The van der Waals surface area contributed by atoms with Crippen molar-refractivity contribution in [2.24, 2.45) is 5.73 Å². The van der Waals surface area contributed by atoms with Crippen LogP contribution >= 0.6 is 11.3 Å². The predicted octanol–water partition coefficient (Wildman–Crippen LogP) is 2.47. The van der Waals surface area contributed by atoms with Gasteiger partial charge in [0.05, 0.1) is 6.54 Å². The number of fused-ring (bicyclic) bond motifs is 1. The zero-order chi connectivity index (χ0) is 12.5. The van der Waals surface area contributed by atoms with Crippen LogP contribution in [0.25, 0.3) is 0 Å². The first-order valence-corrected chi connectivity index (χ1v) is 7.09. The van der Waals surface area contributed by atoms with Crippen LogP contribution in [-0.2, 0) is 13.1 Å². The van der Waals surface area contributed by atoms with Gasteiger partial charge in [-0.3, -0.25) is 4.90 Å². The lowest BCUT2D eigenvalue weighted by Gasteiger charge is -2.22. The molecule has 2 aromatic rings. The van der Waals surface area contributed by atoms with Crippen LogP contribution in [0, 0.1) is 6.92 Å². The molecule has 1 aromatic carbocycles. The molecule has 1 unspecified atom stereocenters. The predicted molar refractivity (Wildman–Crippen MR) is 74.3 cm³/mol. The minimum atomic E-state index is 0.338. The summed E-state index contributed by atoms with van der Waals surface area (Å²) in [5.41, 5.74) is 9.83. The highest BCUT2D eigenvalue weighted by molar-refractivity contribution is 7.09. The van der Waals surface area contributed by atoms with Gasteiger partial charge < -0.3 is 5.73 Å². The van der Waals surface area contributed by atoms with E-state index in [1.807, 2.05) is 6.92 Å². The molecule has 0 radical (unpaired) electrons. The maximum atomic E-state index is 5.94. The second kappa shape index (κ2) is 4.80. The van der Waals surface area contributed by atoms with Gasteiger partial charge in [-0.05, 0) is 18.1 Å². The second-order valence-electron chi connectivity index (χ2n) is 4.74. The Bertz CT molecular complexity index is 549. The lowest BCUT2D eigenvalue weighted by Crippen LogP contribution is -2.27. The van der Waals surface area contributed by atoms with Crippen LogP contribution in [-0.4, -0.2) is 16.4 Å². The summed E-state index contributed by atoms with van der Waals surface area (Å²) in [5.74, 6) is 0. The highest BCUT2D eigenvalue weighted by Crippen LogP contribution is 2.34. The maximum Gasteiger partial charge on any atom is 0.107 e. The minimum absolute atomic E-state index is 0.338. The van der Waals surface area contributed by atoms with Crippen molar-refractivity contribution in [3.63, 3.8) is 0 Å². The van der Waals surface area contributed by atoms with Crippen LogP contribution < -0.4 is 5.73 Å². The Hall–Kier alpha value is -1.23. The van der Waals surface area contributed by atoms with Crippen LogP contribution in [0.1, 0.15) is 27.9 Å². The normalized spacial score (nSPS) is 19.1. The minimum Gasteiger partial charge on any atom is -0.329 e. The van der Waals surface area contributed by atoms with Gasteiger partial charge in [0.25, 0.3) is 0 Å². The summed E-state index contributed by atoms with van der Waals surface area (Å²) in [7, 11) is 0. The van der Waals surface area contributed by atoms with Crippen molar-refractivity contribution < 1.29 is 0 Å². The van der Waals surface area contributed by atoms with Gasteiger partial charge in [0.15, 0.2) is 0 Å². The lowest BCUT2D eigenvalue weighted by molar-refractivity contribution is 0.210. The third kappa shape index (κ3) is 2.07. The van der Waals surface area contributed by atoms with Gasteiger partial charge in [0.1, 0.15) is 5.01 Å². The first-order chi connectivity index (χ1) is 8.78. The van der Waals surface area contributed by atoms with Crippen molar-refractivity contribution in [3.8, 4) is 0 Å². The van der Waals surface area contributed by atoms with Gasteiger partial charge in [0.2, 0.25) is 0 Å². The molecule has 2 N–H and O–H groups in total. The van der Waals surface area contributed by atoms with E-state index < -0.39 is 0 Å². The van der Waals surface area contributed by atoms with Crippen molar-refractivity contribution in [1.82, 2.24) is 9.88 Å². The molecule has 0 aliphatic carbocycles. The Labute approximate surface area is 111 Å². The monoisotopic (exact) mass is 259 g/mol. The molecular weight excluding hydrogens is 242 g/mol. The third-order valence-corrected chi connectivity index (χ3v) is 4.41. The Balaban J connectivity index is 1.83. The molecule has 18 heavy (non-hydrogen) atoms. The number of hydrogen-bond donors (Lipinski definition) is 1. The number of benzene rings is 1. The fourth-order valence-electron chi connectivity index (χ4n) is 2.62. The molecule has 3 rings (SSSR count). The lowest BCUT2D eigenvalue weighted by atomic mass is 10.1. The summed E-state index contributed by atoms with van der Waals surface area (Å²) in [5, 5.41) is 3.29. The van der Waals surface area contributed by atoms with E-state index in [0.29, 0.717) is 12.6 Å². The molecule has 2 heterocycles. The molecule has 0 amide bonds. The molecule has 1 atom stereocenters. The summed E-state index contributed by atoms with van der Waals surface area (Å²) in [6.07, 6.45) is 0. The first-order valence-electron chi connectivity index (χ1n) is 6.21. The summed E-state index contributed by atoms with van der Waals surface area (Å²) in [6, 6.07) is 8.93. The Morgan fingerprint density at radius 2 is 2.28 bits per heavy atom. The molecule has 1 aliphatic rings. The number of nitrogens with zero attached hydrogens (tertiary/aromatic N) is 2. The molecular formula is C14H17N3S. The number of rotatable bonds is 3. The second-order valence-corrected chi connectivity index (χ2v) is 5.68. The van der Waals surface area contributed by atoms with E-state index in [0.717, 1.165) is 18.8 Å². The van der Waals surface area contributed by atoms with Crippen LogP contribution in [0.2, 0.25) is 0 Å². The van der Waals surface area contributed by atoms with E-state index in [4.69, 9.17) is 5.73 Å². The molecule has 1 aromatic heterocycles. The molecule has 0 spiro atoms. The number of aryl methyl sites for hydroxylation is 1. The van der Waals surface area contributed by atoms with Crippen LogP contribution in [0.5, 0.6) is 0 Å². The number of hydrogen-bond acceptors (Lipinski definition) is 4. The topological polar surface area (TPSA) is 42.1 Å². The quantitative estimate of drug-likeness (QED) is 0.920. The highest BCUT2D eigenvalue weighted by atomic mass is 32.1. The van der Waals surface area contributed by atoms with Crippen molar-refractivity contribution in [2.75, 3.05) is 6.54 Å². The summed E-state index contributed by atoms with van der Waals surface area (Å²) >= 11 is 1.73. The largest absolute Gasteiger partial charge is 0.329 e. The molecule has 0 fully saturated rings. The van der Waals surface area contributed by atoms with Gasteiger partial charge in [-0.15, -0.1) is 11.3 Å². The smallest absolute Gasteiger partial charge is 0.107 e. The summed E-state index contributed by atoms with van der Waals surface area (Å²) in [4.78, 5) is 6.96. The van der Waals surface area contributed by atoms with Gasteiger partial charge in [0, 0.05) is 30.2 Å². The number of nitrogens with two attached hydrogens (primary N) is 1. The van der Waals surface area contributed by atoms with Crippen LogP contribution in [0.15, 0.2) is 29.6 Å². The van der Waals surface area contributed by atoms with E-state index >= 15 is 0 Å². The third-order valence-electron chi connectivity index (χ3n) is 3.46. The van der Waals surface area contributed by atoms with Gasteiger partial charge in [-0.25, -0.2) is 4.98 Å². The zero-order valence-corrected chi connectivity index (χ0v) is 11.3. The van der Waals surface area contributed by atoms with E-state index in [1.54, 1.807) is 11.3 Å². The van der Waals surface area contributed by atoms with Gasteiger partial charge in [-0.1, -0.05) is 24.3 Å². The van der Waals surface area contributed by atoms with E-state index in [9.17, 15) is 0 Å². The molecule has 0 saturated heterocycles. The number of aromatic nitrogens is 1. The summed E-state index contributed by atoms with van der Waals surface area (Å²) < 4.78 is 0. The van der Waals surface area contributed by atoms with E-state index in [2.05, 4.69) is 39.5 Å². The highest BCUT2D eigenvalue weighted by Gasteiger charge is 2.29. The Morgan fingerprint density at radius 3 is 3.00 bits per heavy atom. The van der Waals surface area contributed by atoms with E-state index in [1.165, 1.54) is 16.1 Å². The average Bonchev–Trinajstić information content (AvgIpc) is 2.92. The Kier molecular flexibility index (Phi) is 3.16. The fourth-order valence-corrected chi connectivity index (χ4v) is 3.42. The van der Waals surface area contributed by atoms with Gasteiger partial charge in [-0.2, -0.15) is 0 Å². The van der Waals surface area contributed by atoms with Crippen molar-refractivity contribution >= 4 is 11.3 Å². The van der Waals surface area contributed by atoms with Gasteiger partial charge >= 0.3 is 0 Å². The SMILES string of the molecule is Cc1csc(CN2Cc3ccccc3C2CN)n1. The van der Waals surface area contributed by atoms with Crippen molar-refractivity contribution in [3.05, 3.63) is 51.5 Å². The average molecular weight is 259 g/mol. The van der Waals surface area contributed by atoms with Crippen LogP contribution in [0.4, 0.5) is 0 Å². The molecule has 94 valence electrons. The summed E-state index contributed by atoms with van der Waals surface area (Å²) in [6.45, 7) is 4.59. The van der Waals surface area contributed by atoms with Crippen molar-refractivity contribution in [2.45, 2.75) is 26.1 Å². The molecule has 4 heteroatoms. The first kappa shape index (κ1) is 11.8. The number of thiazole rings is 1. The standard InChI is InChI=1S/C14H17N3S/c1-10-9-18-14(16-10)8-17-7-11-4-2-3-5-12(11)13(17)6-15/h2-5,9,13H,6-8,15H2,1H3. The fraction of sp³-hybridized carbons (Fsp3) is 0.357. The maximum absolute atomic E-state index is 5.94. The van der Waals surface area contributed by atoms with E-state index in [-0.39, 0.29) is 0 Å². The molecule has 3 nitrogen and oxygen atoms in total. The molecule has 1 aliphatic heterocycles. The zero-order valence-electron chi connectivity index (χ0n) is 10.5. The Morgan fingerprint density at radius 1 is 1.44 bits per heavy atom.